The van der Waals surface area contributed by atoms with Gasteiger partial charge in [-0.05, 0) is 17.7 Å². The number of rotatable bonds is 8. The number of amides is 3. The van der Waals surface area contributed by atoms with Crippen molar-refractivity contribution in [3.8, 4) is 0 Å². The smallest absolute Gasteiger partial charge is 0.253 e. The number of benzene rings is 2. The number of nitrogens with one attached hydrogen (secondary N) is 3. The molecule has 0 radical (unpaired) electrons. The second-order valence-electron chi connectivity index (χ2n) is 5.95. The molecule has 1 atom stereocenters. The molecule has 0 aromatic heterocycles. The van der Waals surface area contributed by atoms with Crippen LogP contribution in [-0.4, -0.2) is 30.8 Å². The Morgan fingerprint density at radius 3 is 2.22 bits per heavy atom. The molecule has 0 saturated carbocycles. The lowest BCUT2D eigenvalue weighted by atomic mass is 10.0. The van der Waals surface area contributed by atoms with Gasteiger partial charge in [-0.25, -0.2) is 0 Å². The summed E-state index contributed by atoms with van der Waals surface area (Å²) in [5.74, 6) is -0.729. The maximum atomic E-state index is 12.6. The van der Waals surface area contributed by atoms with Crippen LogP contribution in [0, 0.1) is 0 Å². The SMILES string of the molecule is CC(=O)NCCNC(=O)CC(NC(=O)c1ccccc1Cl)c1ccccc1. The van der Waals surface area contributed by atoms with E-state index in [0.717, 1.165) is 5.56 Å². The van der Waals surface area contributed by atoms with Crippen LogP contribution in [-0.2, 0) is 9.59 Å². The third-order valence-electron chi connectivity index (χ3n) is 3.84. The van der Waals surface area contributed by atoms with Crippen LogP contribution in [0.4, 0.5) is 0 Å². The lowest BCUT2D eigenvalue weighted by molar-refractivity contribution is -0.122. The zero-order chi connectivity index (χ0) is 19.6. The number of hydrogen-bond acceptors (Lipinski definition) is 3. The van der Waals surface area contributed by atoms with Crippen molar-refractivity contribution in [1.29, 1.82) is 0 Å². The summed E-state index contributed by atoms with van der Waals surface area (Å²) in [5, 5.41) is 8.56. The summed E-state index contributed by atoms with van der Waals surface area (Å²) in [6.45, 7) is 2.08. The molecule has 3 N–H and O–H groups in total. The molecule has 2 aromatic carbocycles. The number of halogens is 1. The molecule has 0 aliphatic heterocycles. The van der Waals surface area contributed by atoms with Gasteiger partial charge >= 0.3 is 0 Å². The van der Waals surface area contributed by atoms with Gasteiger partial charge in [0.05, 0.1) is 23.0 Å². The van der Waals surface area contributed by atoms with E-state index in [1.165, 1.54) is 6.92 Å². The molecule has 0 aliphatic rings. The molecule has 0 fully saturated rings. The molecule has 2 rings (SSSR count). The summed E-state index contributed by atoms with van der Waals surface area (Å²) < 4.78 is 0. The largest absolute Gasteiger partial charge is 0.355 e. The van der Waals surface area contributed by atoms with Crippen molar-refractivity contribution >= 4 is 29.3 Å². The monoisotopic (exact) mass is 387 g/mol. The minimum Gasteiger partial charge on any atom is -0.355 e. The maximum Gasteiger partial charge on any atom is 0.253 e. The lowest BCUT2D eigenvalue weighted by Crippen LogP contribution is -2.37. The van der Waals surface area contributed by atoms with Crippen LogP contribution in [0.15, 0.2) is 54.6 Å². The molecule has 1 unspecified atom stereocenters. The fraction of sp³-hybridized carbons (Fsp3) is 0.250. The van der Waals surface area contributed by atoms with Crippen LogP contribution in [0.2, 0.25) is 5.02 Å². The van der Waals surface area contributed by atoms with E-state index in [1.807, 2.05) is 30.3 Å². The quantitative estimate of drug-likeness (QED) is 0.608. The van der Waals surface area contributed by atoms with Crippen LogP contribution in [0.1, 0.15) is 35.3 Å². The van der Waals surface area contributed by atoms with Crippen molar-refractivity contribution in [2.24, 2.45) is 0 Å². The highest BCUT2D eigenvalue weighted by Gasteiger charge is 2.20. The number of hydrogen-bond donors (Lipinski definition) is 3. The first-order valence-corrected chi connectivity index (χ1v) is 8.96. The van der Waals surface area contributed by atoms with E-state index in [9.17, 15) is 14.4 Å². The highest BCUT2D eigenvalue weighted by Crippen LogP contribution is 2.20. The van der Waals surface area contributed by atoms with Crippen LogP contribution in [0.25, 0.3) is 0 Å². The van der Waals surface area contributed by atoms with E-state index in [4.69, 9.17) is 11.6 Å². The predicted molar refractivity (Wildman–Crippen MR) is 104 cm³/mol. The van der Waals surface area contributed by atoms with Crippen molar-refractivity contribution < 1.29 is 14.4 Å². The van der Waals surface area contributed by atoms with Gasteiger partial charge in [0, 0.05) is 20.0 Å². The van der Waals surface area contributed by atoms with Crippen LogP contribution in [0.5, 0.6) is 0 Å². The highest BCUT2D eigenvalue weighted by molar-refractivity contribution is 6.33. The summed E-state index contributed by atoms with van der Waals surface area (Å²) in [7, 11) is 0. The molecule has 0 spiro atoms. The van der Waals surface area contributed by atoms with Crippen molar-refractivity contribution in [3.05, 3.63) is 70.7 Å². The standard InChI is InChI=1S/C20H22ClN3O3/c1-14(25)22-11-12-23-19(26)13-18(15-7-3-2-4-8-15)24-20(27)16-9-5-6-10-17(16)21/h2-10,18H,11-13H2,1H3,(H,22,25)(H,23,26)(H,24,27). The zero-order valence-electron chi connectivity index (χ0n) is 15.0. The Balaban J connectivity index is 2.04. The van der Waals surface area contributed by atoms with E-state index in [2.05, 4.69) is 16.0 Å². The van der Waals surface area contributed by atoms with Gasteiger partial charge in [-0.3, -0.25) is 14.4 Å². The van der Waals surface area contributed by atoms with Gasteiger partial charge in [-0.2, -0.15) is 0 Å². The fourth-order valence-corrected chi connectivity index (χ4v) is 2.74. The summed E-state index contributed by atoms with van der Waals surface area (Å²) in [4.78, 5) is 35.7. The fourth-order valence-electron chi connectivity index (χ4n) is 2.52. The Labute approximate surface area is 163 Å². The lowest BCUT2D eigenvalue weighted by Gasteiger charge is -2.19. The zero-order valence-corrected chi connectivity index (χ0v) is 15.8. The first kappa shape index (κ1) is 20.5. The normalized spacial score (nSPS) is 11.3. The number of carbonyl (C=O) groups is 3. The summed E-state index contributed by atoms with van der Waals surface area (Å²) in [5.41, 5.74) is 1.17. The first-order chi connectivity index (χ1) is 13.0. The minimum atomic E-state index is -0.504. The molecule has 0 aliphatic carbocycles. The second-order valence-corrected chi connectivity index (χ2v) is 6.36. The first-order valence-electron chi connectivity index (χ1n) is 8.59. The topological polar surface area (TPSA) is 87.3 Å². The Morgan fingerprint density at radius 1 is 0.926 bits per heavy atom. The third kappa shape index (κ3) is 6.75. The Morgan fingerprint density at radius 2 is 1.56 bits per heavy atom. The molecule has 0 bridgehead atoms. The van der Waals surface area contributed by atoms with Gasteiger partial charge in [0.1, 0.15) is 0 Å². The molecular weight excluding hydrogens is 366 g/mol. The van der Waals surface area contributed by atoms with E-state index >= 15 is 0 Å². The molecule has 142 valence electrons. The molecule has 27 heavy (non-hydrogen) atoms. The average Bonchev–Trinajstić information content (AvgIpc) is 2.65. The van der Waals surface area contributed by atoms with Gasteiger partial charge in [0.15, 0.2) is 0 Å². The molecule has 7 heteroatoms. The average molecular weight is 388 g/mol. The number of carbonyl (C=O) groups excluding carboxylic acids is 3. The van der Waals surface area contributed by atoms with Crippen LogP contribution in [0.3, 0.4) is 0 Å². The van der Waals surface area contributed by atoms with E-state index in [1.54, 1.807) is 24.3 Å². The van der Waals surface area contributed by atoms with E-state index < -0.39 is 6.04 Å². The summed E-state index contributed by atoms with van der Waals surface area (Å²) in [6.07, 6.45) is 0.0697. The van der Waals surface area contributed by atoms with Crippen LogP contribution < -0.4 is 16.0 Å². The molecular formula is C20H22ClN3O3. The second kappa shape index (κ2) is 10.3. The van der Waals surface area contributed by atoms with Crippen molar-refractivity contribution in [2.45, 2.75) is 19.4 Å². The van der Waals surface area contributed by atoms with E-state index in [-0.39, 0.29) is 24.1 Å². The van der Waals surface area contributed by atoms with Crippen molar-refractivity contribution in [2.75, 3.05) is 13.1 Å². The highest BCUT2D eigenvalue weighted by atomic mass is 35.5. The Kier molecular flexibility index (Phi) is 7.82. The molecule has 6 nitrogen and oxygen atoms in total. The minimum absolute atomic E-state index is 0.0697. The molecule has 3 amide bonds. The molecule has 2 aromatic rings. The predicted octanol–water partition coefficient (Wildman–Crippen LogP) is 2.45. The van der Waals surface area contributed by atoms with E-state index in [0.29, 0.717) is 23.7 Å². The Hall–Kier alpha value is -2.86. The van der Waals surface area contributed by atoms with Gasteiger partial charge < -0.3 is 16.0 Å². The van der Waals surface area contributed by atoms with Gasteiger partial charge in [0.25, 0.3) is 5.91 Å². The summed E-state index contributed by atoms with van der Waals surface area (Å²) >= 11 is 6.09. The molecule has 0 saturated heterocycles. The van der Waals surface area contributed by atoms with Crippen LogP contribution >= 0.6 is 11.6 Å². The Bertz CT molecular complexity index is 796. The van der Waals surface area contributed by atoms with Gasteiger partial charge in [0.2, 0.25) is 11.8 Å². The molecule has 0 heterocycles. The van der Waals surface area contributed by atoms with Crippen molar-refractivity contribution in [3.63, 3.8) is 0 Å². The maximum absolute atomic E-state index is 12.6. The summed E-state index contributed by atoms with van der Waals surface area (Å²) in [6, 6.07) is 15.5. The van der Waals surface area contributed by atoms with Crippen molar-refractivity contribution in [1.82, 2.24) is 16.0 Å². The van der Waals surface area contributed by atoms with Gasteiger partial charge in [-0.15, -0.1) is 0 Å². The third-order valence-corrected chi connectivity index (χ3v) is 4.17. The van der Waals surface area contributed by atoms with Gasteiger partial charge in [-0.1, -0.05) is 54.1 Å².